The van der Waals surface area contributed by atoms with E-state index in [2.05, 4.69) is 15.0 Å². The molecule has 2 N–H and O–H groups in total. The molecule has 0 aliphatic carbocycles. The molecule has 20 heavy (non-hydrogen) atoms. The zero-order chi connectivity index (χ0) is 14.5. The first-order chi connectivity index (χ1) is 9.56. The number of aromatic nitrogens is 3. The van der Waals surface area contributed by atoms with Crippen molar-refractivity contribution in [3.63, 3.8) is 0 Å². The highest BCUT2D eigenvalue weighted by atomic mass is 32.2. The van der Waals surface area contributed by atoms with E-state index in [1.54, 1.807) is 0 Å². The third kappa shape index (κ3) is 3.48. The maximum Gasteiger partial charge on any atom is 0.270 e. The number of rotatable bonds is 5. The smallest absolute Gasteiger partial charge is 0.270 e. The fourth-order valence-corrected chi connectivity index (χ4v) is 2.08. The number of carbonyl (C=O) groups excluding carboxylic acids is 1. The van der Waals surface area contributed by atoms with Crippen LogP contribution in [0.2, 0.25) is 0 Å². The molecule has 0 fully saturated rings. The molecule has 0 radical (unpaired) electrons. The van der Waals surface area contributed by atoms with Crippen molar-refractivity contribution in [1.82, 2.24) is 15.0 Å². The van der Waals surface area contributed by atoms with Crippen molar-refractivity contribution in [3.8, 4) is 0 Å². The van der Waals surface area contributed by atoms with Crippen molar-refractivity contribution in [1.29, 1.82) is 0 Å². The summed E-state index contributed by atoms with van der Waals surface area (Å²) in [6.07, 6.45) is 1.25. The van der Waals surface area contributed by atoms with Crippen molar-refractivity contribution in [2.75, 3.05) is 11.5 Å². The lowest BCUT2D eigenvalue weighted by molar-refractivity contribution is -0.384. The van der Waals surface area contributed by atoms with E-state index in [0.717, 1.165) is 11.8 Å². The van der Waals surface area contributed by atoms with Crippen LogP contribution in [0, 0.1) is 10.1 Å². The lowest BCUT2D eigenvalue weighted by atomic mass is 10.1. The Morgan fingerprint density at radius 1 is 1.40 bits per heavy atom. The highest BCUT2D eigenvalue weighted by Gasteiger charge is 2.12. The van der Waals surface area contributed by atoms with Crippen LogP contribution in [-0.4, -0.2) is 31.4 Å². The van der Waals surface area contributed by atoms with E-state index in [1.807, 2.05) is 0 Å². The largest absolute Gasteiger partial charge is 0.368 e. The van der Waals surface area contributed by atoms with E-state index in [-0.39, 0.29) is 28.7 Å². The van der Waals surface area contributed by atoms with Crippen molar-refractivity contribution < 1.29 is 9.72 Å². The number of benzene rings is 1. The average Bonchev–Trinajstić information content (AvgIpc) is 2.45. The van der Waals surface area contributed by atoms with E-state index < -0.39 is 4.92 Å². The zero-order valence-electron chi connectivity index (χ0n) is 10.1. The number of nitro benzene ring substituents is 1. The van der Waals surface area contributed by atoms with Gasteiger partial charge < -0.3 is 5.73 Å². The predicted molar refractivity (Wildman–Crippen MR) is 72.4 cm³/mol. The molecule has 0 atom stereocenters. The van der Waals surface area contributed by atoms with Gasteiger partial charge in [0.25, 0.3) is 5.69 Å². The Labute approximate surface area is 117 Å². The van der Waals surface area contributed by atoms with Crippen LogP contribution >= 0.6 is 11.8 Å². The van der Waals surface area contributed by atoms with Gasteiger partial charge in [0, 0.05) is 17.7 Å². The second kappa shape index (κ2) is 6.06. The topological polar surface area (TPSA) is 125 Å². The van der Waals surface area contributed by atoms with Gasteiger partial charge >= 0.3 is 0 Å². The molecule has 1 aromatic carbocycles. The van der Waals surface area contributed by atoms with E-state index in [1.165, 1.54) is 30.6 Å². The van der Waals surface area contributed by atoms with Gasteiger partial charge in [-0.1, -0.05) is 23.9 Å². The van der Waals surface area contributed by atoms with Crippen LogP contribution in [0.25, 0.3) is 0 Å². The number of nitrogens with two attached hydrogens (primary N) is 1. The molecule has 0 saturated heterocycles. The number of hydrogen-bond acceptors (Lipinski definition) is 8. The Hall–Kier alpha value is -2.55. The Morgan fingerprint density at radius 2 is 2.20 bits per heavy atom. The summed E-state index contributed by atoms with van der Waals surface area (Å²) in [6, 6.07) is 5.57. The fourth-order valence-electron chi connectivity index (χ4n) is 1.37. The molecule has 0 aliphatic heterocycles. The van der Waals surface area contributed by atoms with E-state index >= 15 is 0 Å². The predicted octanol–water partition coefficient (Wildman–Crippen LogP) is 1.34. The molecule has 0 bridgehead atoms. The summed E-state index contributed by atoms with van der Waals surface area (Å²) in [4.78, 5) is 33.4. The standard InChI is InChI=1S/C11H9N5O3S/c12-10-13-6-14-11(15-10)20-5-9(17)7-2-1-3-8(4-7)16(18)19/h1-4,6H,5H2,(H2,12,13,14,15). The van der Waals surface area contributed by atoms with Crippen LogP contribution in [0.3, 0.4) is 0 Å². The molecule has 0 spiro atoms. The fraction of sp³-hybridized carbons (Fsp3) is 0.0909. The van der Waals surface area contributed by atoms with Crippen LogP contribution in [-0.2, 0) is 0 Å². The Balaban J connectivity index is 2.05. The number of nitrogens with zero attached hydrogens (tertiary/aromatic N) is 4. The van der Waals surface area contributed by atoms with Crippen molar-refractivity contribution in [3.05, 3.63) is 46.3 Å². The van der Waals surface area contributed by atoms with Gasteiger partial charge in [0.1, 0.15) is 6.33 Å². The minimum atomic E-state index is -0.545. The number of Topliss-reactive ketones (excluding diaryl/α,β-unsaturated/α-hetero) is 1. The summed E-state index contributed by atoms with van der Waals surface area (Å²) in [5, 5.41) is 11.0. The minimum absolute atomic E-state index is 0.0601. The van der Waals surface area contributed by atoms with Crippen LogP contribution < -0.4 is 5.73 Å². The molecule has 1 heterocycles. The second-order valence-corrected chi connectivity index (χ2v) is 4.59. The number of thioether (sulfide) groups is 1. The summed E-state index contributed by atoms with van der Waals surface area (Å²) in [5.41, 5.74) is 5.55. The molecular weight excluding hydrogens is 282 g/mol. The second-order valence-electron chi connectivity index (χ2n) is 3.65. The van der Waals surface area contributed by atoms with Gasteiger partial charge in [-0.15, -0.1) is 0 Å². The Kier molecular flexibility index (Phi) is 4.20. The third-order valence-corrected chi connectivity index (χ3v) is 3.14. The van der Waals surface area contributed by atoms with Crippen LogP contribution in [0.15, 0.2) is 35.7 Å². The number of hydrogen-bond donors (Lipinski definition) is 1. The first kappa shape index (κ1) is 13.9. The Morgan fingerprint density at radius 3 is 2.90 bits per heavy atom. The highest BCUT2D eigenvalue weighted by molar-refractivity contribution is 7.99. The lowest BCUT2D eigenvalue weighted by Gasteiger charge is -2.01. The van der Waals surface area contributed by atoms with E-state index in [4.69, 9.17) is 5.73 Å². The first-order valence-electron chi connectivity index (χ1n) is 5.41. The minimum Gasteiger partial charge on any atom is -0.368 e. The van der Waals surface area contributed by atoms with Gasteiger partial charge in [0.2, 0.25) is 5.95 Å². The maximum atomic E-state index is 11.9. The number of ketones is 1. The van der Waals surface area contributed by atoms with Crippen LogP contribution in [0.1, 0.15) is 10.4 Å². The number of non-ortho nitro benzene ring substituents is 1. The van der Waals surface area contributed by atoms with Gasteiger partial charge in [-0.3, -0.25) is 14.9 Å². The number of carbonyl (C=O) groups is 1. The molecule has 2 aromatic rings. The van der Waals surface area contributed by atoms with Crippen molar-refractivity contribution in [2.24, 2.45) is 0 Å². The molecule has 0 saturated carbocycles. The van der Waals surface area contributed by atoms with Crippen molar-refractivity contribution >= 4 is 29.2 Å². The third-order valence-electron chi connectivity index (χ3n) is 2.28. The number of nitro groups is 1. The normalized spacial score (nSPS) is 10.2. The summed E-state index contributed by atoms with van der Waals surface area (Å²) >= 11 is 1.09. The summed E-state index contributed by atoms with van der Waals surface area (Å²) in [7, 11) is 0. The molecule has 2 rings (SSSR count). The number of nitrogen functional groups attached to an aromatic ring is 1. The SMILES string of the molecule is Nc1ncnc(SCC(=O)c2cccc([N+](=O)[O-])c2)n1. The maximum absolute atomic E-state index is 11.9. The summed E-state index contributed by atoms with van der Waals surface area (Å²) in [5.74, 6) is -0.118. The zero-order valence-corrected chi connectivity index (χ0v) is 10.9. The average molecular weight is 291 g/mol. The van der Waals surface area contributed by atoms with Crippen molar-refractivity contribution in [2.45, 2.75) is 5.16 Å². The monoisotopic (exact) mass is 291 g/mol. The molecule has 8 nitrogen and oxygen atoms in total. The first-order valence-corrected chi connectivity index (χ1v) is 6.40. The number of anilines is 1. The molecule has 0 aliphatic rings. The summed E-state index contributed by atoms with van der Waals surface area (Å²) < 4.78 is 0. The summed E-state index contributed by atoms with van der Waals surface area (Å²) in [6.45, 7) is 0. The van der Waals surface area contributed by atoms with Crippen LogP contribution in [0.4, 0.5) is 11.6 Å². The Bertz CT molecular complexity index is 664. The highest BCUT2D eigenvalue weighted by Crippen LogP contribution is 2.18. The van der Waals surface area contributed by atoms with Gasteiger partial charge in [-0.05, 0) is 0 Å². The van der Waals surface area contributed by atoms with E-state index in [0.29, 0.717) is 5.16 Å². The van der Waals surface area contributed by atoms with E-state index in [9.17, 15) is 14.9 Å². The van der Waals surface area contributed by atoms with Gasteiger partial charge in [0.15, 0.2) is 10.9 Å². The lowest BCUT2D eigenvalue weighted by Crippen LogP contribution is -2.04. The molecule has 1 aromatic heterocycles. The molecular formula is C11H9N5O3S. The molecule has 102 valence electrons. The molecule has 0 unspecified atom stereocenters. The van der Waals surface area contributed by atoms with Crippen LogP contribution in [0.5, 0.6) is 0 Å². The molecule has 0 amide bonds. The molecule has 9 heteroatoms. The quantitative estimate of drug-likeness (QED) is 0.378. The van der Waals surface area contributed by atoms with Gasteiger partial charge in [0.05, 0.1) is 10.7 Å². The van der Waals surface area contributed by atoms with Gasteiger partial charge in [-0.25, -0.2) is 9.97 Å². The van der Waals surface area contributed by atoms with Gasteiger partial charge in [-0.2, -0.15) is 4.98 Å².